The molecule has 0 saturated carbocycles. The van der Waals surface area contributed by atoms with Crippen molar-refractivity contribution in [1.82, 2.24) is 5.32 Å². The zero-order valence-corrected chi connectivity index (χ0v) is 17.3. The van der Waals surface area contributed by atoms with Crippen molar-refractivity contribution in [2.45, 2.75) is 26.6 Å². The van der Waals surface area contributed by atoms with Gasteiger partial charge in [-0.05, 0) is 57.6 Å². The van der Waals surface area contributed by atoms with Gasteiger partial charge in [-0.1, -0.05) is 35.9 Å². The molecular formula is C21H22BrNO2S. The van der Waals surface area contributed by atoms with Gasteiger partial charge in [0.05, 0.1) is 11.6 Å². The second-order valence-corrected chi connectivity index (χ2v) is 7.96. The lowest BCUT2D eigenvalue weighted by atomic mass is 10.1. The summed E-state index contributed by atoms with van der Waals surface area (Å²) in [6.45, 7) is 4.22. The number of hydrogen-bond acceptors (Lipinski definition) is 4. The van der Waals surface area contributed by atoms with E-state index in [1.54, 1.807) is 18.4 Å². The number of nitrogens with one attached hydrogen (secondary N) is 1. The zero-order chi connectivity index (χ0) is 18.4. The predicted octanol–water partition coefficient (Wildman–Crippen LogP) is 5.70. The van der Waals surface area contributed by atoms with Gasteiger partial charge in [0.15, 0.2) is 11.5 Å². The van der Waals surface area contributed by atoms with Crippen molar-refractivity contribution in [2.24, 2.45) is 0 Å². The molecule has 1 heterocycles. The highest BCUT2D eigenvalue weighted by Gasteiger charge is 2.12. The quantitative estimate of drug-likeness (QED) is 0.496. The Labute approximate surface area is 167 Å². The molecule has 0 radical (unpaired) electrons. The number of thiophene rings is 1. The van der Waals surface area contributed by atoms with E-state index in [0.717, 1.165) is 40.2 Å². The molecule has 0 unspecified atom stereocenters. The third kappa shape index (κ3) is 5.10. The van der Waals surface area contributed by atoms with Crippen molar-refractivity contribution in [3.05, 3.63) is 80.0 Å². The minimum Gasteiger partial charge on any atom is -0.493 e. The SMILES string of the molecule is COc1cc(CNCc2cccs2)cc(Br)c1OCc1cccc(C)c1. The molecule has 3 nitrogen and oxygen atoms in total. The summed E-state index contributed by atoms with van der Waals surface area (Å²) in [6, 6.07) is 16.6. The van der Waals surface area contributed by atoms with E-state index < -0.39 is 0 Å². The zero-order valence-electron chi connectivity index (χ0n) is 14.9. The van der Waals surface area contributed by atoms with Crippen LogP contribution in [0.5, 0.6) is 11.5 Å². The highest BCUT2D eigenvalue weighted by molar-refractivity contribution is 9.10. The Morgan fingerprint density at radius 1 is 1.04 bits per heavy atom. The lowest BCUT2D eigenvalue weighted by Crippen LogP contribution is -2.12. The van der Waals surface area contributed by atoms with Crippen LogP contribution in [0.4, 0.5) is 0 Å². The molecule has 0 fully saturated rings. The predicted molar refractivity (Wildman–Crippen MR) is 111 cm³/mol. The van der Waals surface area contributed by atoms with Gasteiger partial charge < -0.3 is 14.8 Å². The first-order chi connectivity index (χ1) is 12.7. The molecule has 3 rings (SSSR count). The van der Waals surface area contributed by atoms with E-state index in [1.165, 1.54) is 10.4 Å². The van der Waals surface area contributed by atoms with Crippen molar-refractivity contribution >= 4 is 27.3 Å². The van der Waals surface area contributed by atoms with Gasteiger partial charge in [0.1, 0.15) is 6.61 Å². The van der Waals surface area contributed by atoms with E-state index >= 15 is 0 Å². The van der Waals surface area contributed by atoms with Gasteiger partial charge in [-0.15, -0.1) is 11.3 Å². The van der Waals surface area contributed by atoms with Crippen LogP contribution in [0.3, 0.4) is 0 Å². The fourth-order valence-electron chi connectivity index (χ4n) is 2.72. The lowest BCUT2D eigenvalue weighted by molar-refractivity contribution is 0.282. The van der Waals surface area contributed by atoms with Crippen LogP contribution in [-0.2, 0) is 19.7 Å². The highest BCUT2D eigenvalue weighted by atomic mass is 79.9. The monoisotopic (exact) mass is 431 g/mol. The molecule has 0 atom stereocenters. The molecular weight excluding hydrogens is 410 g/mol. The summed E-state index contributed by atoms with van der Waals surface area (Å²) in [5, 5.41) is 5.55. The van der Waals surface area contributed by atoms with E-state index in [9.17, 15) is 0 Å². The van der Waals surface area contributed by atoms with Crippen molar-refractivity contribution < 1.29 is 9.47 Å². The smallest absolute Gasteiger partial charge is 0.175 e. The standard InChI is InChI=1S/C21H22BrNO2S/c1-15-5-3-6-16(9-15)14-25-21-19(22)10-17(11-20(21)24-2)12-23-13-18-7-4-8-26-18/h3-11,23H,12-14H2,1-2H3. The number of aryl methyl sites for hydroxylation is 1. The number of methoxy groups -OCH3 is 1. The normalized spacial score (nSPS) is 10.7. The molecule has 0 saturated heterocycles. The molecule has 0 spiro atoms. The summed E-state index contributed by atoms with van der Waals surface area (Å²) in [6.07, 6.45) is 0. The summed E-state index contributed by atoms with van der Waals surface area (Å²) in [4.78, 5) is 1.33. The van der Waals surface area contributed by atoms with Crippen LogP contribution >= 0.6 is 27.3 Å². The minimum absolute atomic E-state index is 0.507. The molecule has 0 aliphatic carbocycles. The first-order valence-electron chi connectivity index (χ1n) is 8.43. The van der Waals surface area contributed by atoms with Gasteiger partial charge in [-0.3, -0.25) is 0 Å². The maximum Gasteiger partial charge on any atom is 0.175 e. The third-order valence-corrected chi connectivity index (χ3v) is 5.43. The van der Waals surface area contributed by atoms with Crippen LogP contribution in [0.15, 0.2) is 58.4 Å². The van der Waals surface area contributed by atoms with Crippen LogP contribution < -0.4 is 14.8 Å². The molecule has 2 aromatic carbocycles. The molecule has 3 aromatic rings. The fourth-order valence-corrected chi connectivity index (χ4v) is 3.99. The molecule has 1 N–H and O–H groups in total. The average Bonchev–Trinajstić information content (AvgIpc) is 3.14. The molecule has 5 heteroatoms. The summed E-state index contributed by atoms with van der Waals surface area (Å²) < 4.78 is 12.5. The maximum absolute atomic E-state index is 6.03. The van der Waals surface area contributed by atoms with Crippen LogP contribution in [0.2, 0.25) is 0 Å². The number of rotatable bonds is 8. The second-order valence-electron chi connectivity index (χ2n) is 6.07. The molecule has 0 bridgehead atoms. The lowest BCUT2D eigenvalue weighted by Gasteiger charge is -2.15. The molecule has 26 heavy (non-hydrogen) atoms. The third-order valence-electron chi connectivity index (χ3n) is 3.96. The van der Waals surface area contributed by atoms with Gasteiger partial charge in [0, 0.05) is 18.0 Å². The Bertz CT molecular complexity index is 849. The van der Waals surface area contributed by atoms with Gasteiger partial charge in [-0.2, -0.15) is 0 Å². The summed E-state index contributed by atoms with van der Waals surface area (Å²) in [5.74, 6) is 1.47. The second kappa shape index (κ2) is 9.21. The van der Waals surface area contributed by atoms with Gasteiger partial charge >= 0.3 is 0 Å². The minimum atomic E-state index is 0.507. The summed E-state index contributed by atoms with van der Waals surface area (Å²) >= 11 is 5.39. The molecule has 0 aliphatic rings. The van der Waals surface area contributed by atoms with Crippen LogP contribution in [0.25, 0.3) is 0 Å². The number of hydrogen-bond donors (Lipinski definition) is 1. The van der Waals surface area contributed by atoms with Gasteiger partial charge in [0.2, 0.25) is 0 Å². The van der Waals surface area contributed by atoms with Crippen molar-refractivity contribution in [1.29, 1.82) is 0 Å². The topological polar surface area (TPSA) is 30.5 Å². The van der Waals surface area contributed by atoms with E-state index in [2.05, 4.69) is 69.9 Å². The highest BCUT2D eigenvalue weighted by Crippen LogP contribution is 2.37. The van der Waals surface area contributed by atoms with Gasteiger partial charge in [0.25, 0.3) is 0 Å². The summed E-state index contributed by atoms with van der Waals surface area (Å²) in [7, 11) is 1.67. The van der Waals surface area contributed by atoms with Crippen molar-refractivity contribution in [2.75, 3.05) is 7.11 Å². The Hall–Kier alpha value is -1.82. The van der Waals surface area contributed by atoms with E-state index in [-0.39, 0.29) is 0 Å². The maximum atomic E-state index is 6.03. The van der Waals surface area contributed by atoms with Crippen LogP contribution in [-0.4, -0.2) is 7.11 Å². The largest absolute Gasteiger partial charge is 0.493 e. The first kappa shape index (κ1) is 19.0. The summed E-state index contributed by atoms with van der Waals surface area (Å²) in [5.41, 5.74) is 3.51. The van der Waals surface area contributed by atoms with Crippen LogP contribution in [0, 0.1) is 6.92 Å². The van der Waals surface area contributed by atoms with Crippen LogP contribution in [0.1, 0.15) is 21.6 Å². The van der Waals surface area contributed by atoms with Gasteiger partial charge in [-0.25, -0.2) is 0 Å². The Kier molecular flexibility index (Phi) is 6.72. The Morgan fingerprint density at radius 3 is 2.65 bits per heavy atom. The molecule has 136 valence electrons. The van der Waals surface area contributed by atoms with Crippen molar-refractivity contribution in [3.63, 3.8) is 0 Å². The van der Waals surface area contributed by atoms with E-state index in [1.807, 2.05) is 12.1 Å². The molecule has 0 amide bonds. The number of ether oxygens (including phenoxy) is 2. The molecule has 1 aromatic heterocycles. The van der Waals surface area contributed by atoms with E-state index in [0.29, 0.717) is 6.61 Å². The first-order valence-corrected chi connectivity index (χ1v) is 10.1. The fraction of sp³-hybridized carbons (Fsp3) is 0.238. The Balaban J connectivity index is 1.66. The Morgan fingerprint density at radius 2 is 1.92 bits per heavy atom. The molecule has 0 aliphatic heterocycles. The van der Waals surface area contributed by atoms with E-state index in [4.69, 9.17) is 9.47 Å². The average molecular weight is 432 g/mol. The van der Waals surface area contributed by atoms with Crippen molar-refractivity contribution in [3.8, 4) is 11.5 Å². The number of benzene rings is 2. The number of halogens is 1.